The van der Waals surface area contributed by atoms with Crippen molar-refractivity contribution in [2.45, 2.75) is 0 Å². The molecule has 0 fully saturated rings. The third kappa shape index (κ3) is 176. The maximum absolute atomic E-state index is 4.90. The molecule has 0 aromatic heterocycles. The molecule has 0 atom stereocenters. The molecule has 0 spiro atoms. The van der Waals surface area contributed by atoms with E-state index in [1.807, 2.05) is 0 Å². The molecule has 6 nitrogen and oxygen atoms in total. The second-order valence-electron chi connectivity index (χ2n) is 1.73. The largest absolute Gasteiger partial charge is 1.00 e. The molecule has 0 aromatic carbocycles. The van der Waals surface area contributed by atoms with Crippen LogP contribution in [0.15, 0.2) is 0 Å². The molecule has 0 aliphatic heterocycles. The van der Waals surface area contributed by atoms with Gasteiger partial charge in [0.25, 0.3) is 0 Å². The van der Waals surface area contributed by atoms with Crippen LogP contribution in [0.25, 0.3) is 0 Å². The van der Waals surface area contributed by atoms with Gasteiger partial charge in [-0.2, -0.15) is 0 Å². The molecule has 0 unspecified atom stereocenters. The molecule has 0 aliphatic rings. The number of halogens is 3. The molecule has 0 bridgehead atoms. The summed E-state index contributed by atoms with van der Waals surface area (Å²) in [5.74, 6) is 0. The summed E-state index contributed by atoms with van der Waals surface area (Å²) >= 11 is 0. The normalized spacial score (nSPS) is 5.62. The van der Waals surface area contributed by atoms with Gasteiger partial charge >= 0.3 is 0 Å². The molecule has 16 heavy (non-hydrogen) atoms. The van der Waals surface area contributed by atoms with Gasteiger partial charge in [0.15, 0.2) is 0 Å². The average molecular weight is 339 g/mol. The van der Waals surface area contributed by atoms with E-state index in [1.54, 1.807) is 0 Å². The van der Waals surface area contributed by atoms with Crippen molar-refractivity contribution in [1.29, 1.82) is 0 Å². The van der Waals surface area contributed by atoms with Crippen LogP contribution in [-0.4, -0.2) is 39.3 Å². The molecule has 0 saturated heterocycles. The summed E-state index contributed by atoms with van der Waals surface area (Å²) in [5.41, 5.74) is 29.4. The number of hydrogen-bond donors (Lipinski definition) is 6. The van der Waals surface area contributed by atoms with Gasteiger partial charge in [0.1, 0.15) is 0 Å². The van der Waals surface area contributed by atoms with Crippen molar-refractivity contribution in [2.75, 3.05) is 39.3 Å². The zero-order chi connectivity index (χ0) is 10.2. The van der Waals surface area contributed by atoms with Gasteiger partial charge in [-0.05, 0) is 0 Å². The number of nitrogens with two attached hydrogens (primary N) is 6. The number of rotatable bonds is 3. The Morgan fingerprint density at radius 2 is 0.438 bits per heavy atom. The van der Waals surface area contributed by atoms with Gasteiger partial charge in [-0.15, -0.1) is 0 Å². The van der Waals surface area contributed by atoms with Crippen molar-refractivity contribution in [2.24, 2.45) is 34.4 Å². The molecule has 0 amide bonds. The summed E-state index contributed by atoms with van der Waals surface area (Å²) in [6.07, 6.45) is 0. The Bertz CT molecular complexity index is 43.7. The Morgan fingerprint density at radius 3 is 0.438 bits per heavy atom. The van der Waals surface area contributed by atoms with Crippen molar-refractivity contribution in [3.8, 4) is 0 Å². The first-order valence-corrected chi connectivity index (χ1v) is 3.95. The van der Waals surface area contributed by atoms with E-state index in [2.05, 4.69) is 0 Å². The molecule has 0 heterocycles. The fourth-order valence-electron chi connectivity index (χ4n) is 0. The smallest absolute Gasteiger partial charge is 0.00461 e. The minimum Gasteiger partial charge on any atom is -1.00 e. The predicted molar refractivity (Wildman–Crippen MR) is 54.3 cm³/mol. The van der Waals surface area contributed by atoms with Crippen LogP contribution in [0.4, 0.5) is 0 Å². The van der Waals surface area contributed by atoms with E-state index in [-0.39, 0.29) is 54.6 Å². The van der Waals surface area contributed by atoms with Crippen LogP contribution in [0.3, 0.4) is 0 Å². The minimum absolute atomic E-state index is 0. The molecule has 0 aromatic rings. The third-order valence-electron chi connectivity index (χ3n) is 0.500. The van der Waals surface area contributed by atoms with E-state index in [9.17, 15) is 0 Å². The van der Waals surface area contributed by atoms with Crippen LogP contribution in [0.2, 0.25) is 0 Å². The van der Waals surface area contributed by atoms with Gasteiger partial charge in [-0.1, -0.05) is 0 Å². The molecule has 108 valence electrons. The quantitative estimate of drug-likeness (QED) is 0.300. The second-order valence-corrected chi connectivity index (χ2v) is 1.73. The van der Waals surface area contributed by atoms with E-state index in [1.165, 1.54) is 0 Å². The van der Waals surface area contributed by atoms with Crippen molar-refractivity contribution >= 4 is 0 Å². The third-order valence-corrected chi connectivity index (χ3v) is 0.500. The zero-order valence-electron chi connectivity index (χ0n) is 9.25. The van der Waals surface area contributed by atoms with Crippen LogP contribution < -0.4 is 71.6 Å². The first-order chi connectivity index (χ1) is 5.74. The molecule has 0 saturated carbocycles. The summed E-state index contributed by atoms with van der Waals surface area (Å²) < 4.78 is 0. The van der Waals surface area contributed by atoms with Gasteiger partial charge in [-0.3, -0.25) is 0 Å². The average Bonchev–Trinajstić information content (AvgIpc) is 2.18. The first kappa shape index (κ1) is 43.4. The monoisotopic (exact) mass is 337 g/mol. The van der Waals surface area contributed by atoms with E-state index < -0.39 is 0 Å². The summed E-state index contributed by atoms with van der Waals surface area (Å²) in [6.45, 7) is 3.58. The summed E-state index contributed by atoms with van der Waals surface area (Å²) in [7, 11) is 0. The van der Waals surface area contributed by atoms with E-state index in [0.29, 0.717) is 39.3 Å². The molecule has 10 heteroatoms. The van der Waals surface area contributed by atoms with Gasteiger partial charge in [0.2, 0.25) is 0 Å². The molecule has 0 aliphatic carbocycles. The molecular formula is C6H24Cl3CrN6-3. The Balaban J connectivity index is -0.0000000135. The fraction of sp³-hybridized carbons (Fsp3) is 1.00. The Labute approximate surface area is 128 Å². The van der Waals surface area contributed by atoms with Crippen molar-refractivity contribution < 1.29 is 54.6 Å². The molecular weight excluding hydrogens is 314 g/mol. The summed E-state index contributed by atoms with van der Waals surface area (Å²) in [4.78, 5) is 0. The van der Waals surface area contributed by atoms with Gasteiger partial charge < -0.3 is 71.6 Å². The van der Waals surface area contributed by atoms with Gasteiger partial charge in [-0.25, -0.2) is 0 Å². The Morgan fingerprint density at radius 1 is 0.375 bits per heavy atom. The zero-order valence-corrected chi connectivity index (χ0v) is 12.8. The Hall–Kier alpha value is 1.16. The van der Waals surface area contributed by atoms with Crippen LogP contribution >= 0.6 is 0 Å². The SMILES string of the molecule is NCCN.NCCN.NCCN.[Cl-].[Cl-].[Cl-].[Cr]. The van der Waals surface area contributed by atoms with Crippen LogP contribution in [0, 0.1) is 0 Å². The minimum atomic E-state index is 0. The first-order valence-electron chi connectivity index (χ1n) is 3.95. The summed E-state index contributed by atoms with van der Waals surface area (Å²) in [5, 5.41) is 0. The van der Waals surface area contributed by atoms with E-state index in [4.69, 9.17) is 34.4 Å². The maximum Gasteiger partial charge on any atom is 0.00461 e. The second kappa shape index (κ2) is 72.4. The maximum atomic E-state index is 4.90. The van der Waals surface area contributed by atoms with Crippen LogP contribution in [0.1, 0.15) is 0 Å². The topological polar surface area (TPSA) is 156 Å². The van der Waals surface area contributed by atoms with Gasteiger partial charge in [0.05, 0.1) is 0 Å². The summed E-state index contributed by atoms with van der Waals surface area (Å²) in [6, 6.07) is 0. The van der Waals surface area contributed by atoms with Crippen LogP contribution in [-0.2, 0) is 17.4 Å². The molecule has 0 radical (unpaired) electrons. The van der Waals surface area contributed by atoms with E-state index in [0.717, 1.165) is 0 Å². The van der Waals surface area contributed by atoms with E-state index >= 15 is 0 Å². The van der Waals surface area contributed by atoms with Crippen molar-refractivity contribution in [3.63, 3.8) is 0 Å². The fourth-order valence-corrected chi connectivity index (χ4v) is 0. The molecule has 0 rings (SSSR count). The number of hydrogen-bond acceptors (Lipinski definition) is 6. The standard InChI is InChI=1S/3C2H8N2.3ClH.Cr/c3*3-1-2-4;;;;/h3*1-4H2;3*1H;/p-3. The Kier molecular flexibility index (Phi) is 197. The van der Waals surface area contributed by atoms with Crippen molar-refractivity contribution in [1.82, 2.24) is 0 Å². The van der Waals surface area contributed by atoms with Crippen molar-refractivity contribution in [3.05, 3.63) is 0 Å². The van der Waals surface area contributed by atoms with Crippen LogP contribution in [0.5, 0.6) is 0 Å². The van der Waals surface area contributed by atoms with Gasteiger partial charge in [0, 0.05) is 56.6 Å². The predicted octanol–water partition coefficient (Wildman–Crippen LogP) is -12.3. The molecule has 12 N–H and O–H groups in total.